The van der Waals surface area contributed by atoms with E-state index in [0.717, 1.165) is 23.5 Å². The van der Waals surface area contributed by atoms with E-state index in [1.807, 2.05) is 20.8 Å². The molecule has 0 atom stereocenters. The van der Waals surface area contributed by atoms with Crippen LogP contribution in [-0.4, -0.2) is 20.4 Å². The van der Waals surface area contributed by atoms with Crippen LogP contribution >= 0.6 is 15.9 Å². The number of rotatable bonds is 4. The van der Waals surface area contributed by atoms with Crippen molar-refractivity contribution in [3.8, 4) is 0 Å². The summed E-state index contributed by atoms with van der Waals surface area (Å²) < 4.78 is 7.75. The van der Waals surface area contributed by atoms with Crippen molar-refractivity contribution in [1.82, 2.24) is 14.8 Å². The lowest BCUT2D eigenvalue weighted by atomic mass is 10.2. The molecule has 0 saturated carbocycles. The molecule has 4 nitrogen and oxygen atoms in total. The maximum absolute atomic E-state index is 5.68. The summed E-state index contributed by atoms with van der Waals surface area (Å²) in [5.74, 6) is 1.84. The maximum atomic E-state index is 5.68. The molecule has 0 aromatic carbocycles. The topological polar surface area (TPSA) is 39.9 Å². The summed E-state index contributed by atoms with van der Waals surface area (Å²) in [6.45, 7) is 9.56. The van der Waals surface area contributed by atoms with E-state index in [9.17, 15) is 0 Å². The molecule has 1 heterocycles. The Bertz CT molecular complexity index is 317. The normalized spacial score (nSPS) is 12.1. The van der Waals surface area contributed by atoms with Crippen LogP contribution in [0.15, 0.2) is 0 Å². The SMILES string of the molecule is CCn1c(CBr)nnc1COC(C)(C)C. The predicted octanol–water partition coefficient (Wildman–Crippen LogP) is 2.51. The molecular weight excluding hydrogens is 258 g/mol. The maximum Gasteiger partial charge on any atom is 0.159 e. The molecule has 1 rings (SSSR count). The van der Waals surface area contributed by atoms with Gasteiger partial charge >= 0.3 is 0 Å². The smallest absolute Gasteiger partial charge is 0.159 e. The van der Waals surface area contributed by atoms with Gasteiger partial charge in [-0.15, -0.1) is 10.2 Å². The fourth-order valence-electron chi connectivity index (χ4n) is 1.22. The lowest BCUT2D eigenvalue weighted by Gasteiger charge is -2.19. The molecular formula is C10H18BrN3O. The lowest BCUT2D eigenvalue weighted by Crippen LogP contribution is -2.20. The van der Waals surface area contributed by atoms with Crippen LogP contribution in [-0.2, 0) is 23.2 Å². The number of ether oxygens (including phenoxy) is 1. The fourth-order valence-corrected chi connectivity index (χ4v) is 1.64. The van der Waals surface area contributed by atoms with Crippen molar-refractivity contribution in [1.29, 1.82) is 0 Å². The molecule has 1 aromatic rings. The highest BCUT2D eigenvalue weighted by Gasteiger charge is 2.14. The van der Waals surface area contributed by atoms with Crippen molar-refractivity contribution in [2.75, 3.05) is 0 Å². The van der Waals surface area contributed by atoms with Crippen molar-refractivity contribution in [2.24, 2.45) is 0 Å². The van der Waals surface area contributed by atoms with Crippen molar-refractivity contribution in [2.45, 2.75) is 51.8 Å². The van der Waals surface area contributed by atoms with E-state index in [2.05, 4.69) is 37.6 Å². The van der Waals surface area contributed by atoms with E-state index in [0.29, 0.717) is 6.61 Å². The highest BCUT2D eigenvalue weighted by atomic mass is 79.9. The first-order valence-corrected chi connectivity index (χ1v) is 6.21. The standard InChI is InChI=1S/C10H18BrN3O/c1-5-14-8(6-11)12-13-9(14)7-15-10(2,3)4/h5-7H2,1-4H3. The third-order valence-corrected chi connectivity index (χ3v) is 2.48. The summed E-state index contributed by atoms with van der Waals surface area (Å²) in [6.07, 6.45) is 0. The van der Waals surface area contributed by atoms with Crippen molar-refractivity contribution in [3.05, 3.63) is 11.6 Å². The van der Waals surface area contributed by atoms with Gasteiger partial charge in [-0.2, -0.15) is 0 Å². The van der Waals surface area contributed by atoms with Gasteiger partial charge in [0.2, 0.25) is 0 Å². The minimum Gasteiger partial charge on any atom is -0.368 e. The van der Waals surface area contributed by atoms with Crippen LogP contribution in [0.3, 0.4) is 0 Å². The Morgan fingerprint density at radius 2 is 1.87 bits per heavy atom. The third kappa shape index (κ3) is 3.57. The molecule has 0 bridgehead atoms. The molecule has 0 N–H and O–H groups in total. The summed E-state index contributed by atoms with van der Waals surface area (Å²) in [5, 5.41) is 8.94. The Kier molecular flexibility index (Phi) is 4.28. The minimum absolute atomic E-state index is 0.140. The van der Waals surface area contributed by atoms with E-state index in [1.165, 1.54) is 0 Å². The van der Waals surface area contributed by atoms with Gasteiger partial charge in [-0.3, -0.25) is 0 Å². The average molecular weight is 276 g/mol. The molecule has 0 aliphatic rings. The van der Waals surface area contributed by atoms with E-state index in [4.69, 9.17) is 4.74 Å². The van der Waals surface area contributed by atoms with Crippen LogP contribution in [0.5, 0.6) is 0 Å². The Labute approximate surface area is 99.2 Å². The van der Waals surface area contributed by atoms with Crippen LogP contribution in [0.4, 0.5) is 0 Å². The van der Waals surface area contributed by atoms with Gasteiger partial charge in [-0.25, -0.2) is 0 Å². The summed E-state index contributed by atoms with van der Waals surface area (Å²) in [4.78, 5) is 0. The second-order valence-corrected chi connectivity index (χ2v) is 4.87. The van der Waals surface area contributed by atoms with Gasteiger partial charge in [-0.05, 0) is 27.7 Å². The fraction of sp³-hybridized carbons (Fsp3) is 0.800. The average Bonchev–Trinajstić information content (AvgIpc) is 2.55. The van der Waals surface area contributed by atoms with Gasteiger partial charge in [0.25, 0.3) is 0 Å². The second kappa shape index (κ2) is 5.07. The van der Waals surface area contributed by atoms with Gasteiger partial charge < -0.3 is 9.30 Å². The molecule has 0 saturated heterocycles. The van der Waals surface area contributed by atoms with Gasteiger partial charge in [-0.1, -0.05) is 15.9 Å². The summed E-state index contributed by atoms with van der Waals surface area (Å²) in [7, 11) is 0. The molecule has 86 valence electrons. The van der Waals surface area contributed by atoms with Gasteiger partial charge in [0, 0.05) is 6.54 Å². The Morgan fingerprint density at radius 1 is 1.27 bits per heavy atom. The number of aromatic nitrogens is 3. The first-order valence-electron chi connectivity index (χ1n) is 5.08. The summed E-state index contributed by atoms with van der Waals surface area (Å²) in [5.41, 5.74) is -0.140. The molecule has 1 aromatic heterocycles. The Balaban J connectivity index is 2.73. The quantitative estimate of drug-likeness (QED) is 0.793. The number of alkyl halides is 1. The van der Waals surface area contributed by atoms with E-state index >= 15 is 0 Å². The van der Waals surface area contributed by atoms with E-state index in [1.54, 1.807) is 0 Å². The van der Waals surface area contributed by atoms with Crippen molar-refractivity contribution >= 4 is 15.9 Å². The first kappa shape index (κ1) is 12.6. The zero-order chi connectivity index (χ0) is 11.5. The van der Waals surface area contributed by atoms with E-state index < -0.39 is 0 Å². The molecule has 5 heteroatoms. The number of halogens is 1. The number of hydrogen-bond donors (Lipinski definition) is 0. The van der Waals surface area contributed by atoms with Crippen LogP contribution in [0.1, 0.15) is 39.3 Å². The monoisotopic (exact) mass is 275 g/mol. The van der Waals surface area contributed by atoms with Gasteiger partial charge in [0.05, 0.1) is 10.9 Å². The van der Waals surface area contributed by atoms with Crippen LogP contribution in [0.2, 0.25) is 0 Å². The predicted molar refractivity (Wildman–Crippen MR) is 62.9 cm³/mol. The third-order valence-electron chi connectivity index (χ3n) is 1.97. The molecule has 15 heavy (non-hydrogen) atoms. The number of nitrogens with zero attached hydrogens (tertiary/aromatic N) is 3. The molecule has 0 unspecified atom stereocenters. The van der Waals surface area contributed by atoms with Crippen molar-refractivity contribution < 1.29 is 4.74 Å². The first-order chi connectivity index (χ1) is 6.98. The Morgan fingerprint density at radius 3 is 2.33 bits per heavy atom. The van der Waals surface area contributed by atoms with E-state index in [-0.39, 0.29) is 5.60 Å². The highest BCUT2D eigenvalue weighted by Crippen LogP contribution is 2.12. The van der Waals surface area contributed by atoms with Gasteiger partial charge in [0.1, 0.15) is 12.4 Å². The highest BCUT2D eigenvalue weighted by molar-refractivity contribution is 9.08. The van der Waals surface area contributed by atoms with Crippen molar-refractivity contribution in [3.63, 3.8) is 0 Å². The molecule has 0 fully saturated rings. The minimum atomic E-state index is -0.140. The largest absolute Gasteiger partial charge is 0.368 e. The second-order valence-electron chi connectivity index (χ2n) is 4.31. The molecule has 0 radical (unpaired) electrons. The lowest BCUT2D eigenvalue weighted by molar-refractivity contribution is -0.0194. The molecule has 0 spiro atoms. The summed E-state index contributed by atoms with van der Waals surface area (Å²) >= 11 is 3.39. The zero-order valence-electron chi connectivity index (χ0n) is 9.75. The van der Waals surface area contributed by atoms with Crippen LogP contribution in [0.25, 0.3) is 0 Å². The number of hydrogen-bond acceptors (Lipinski definition) is 3. The molecule has 0 aliphatic carbocycles. The van der Waals surface area contributed by atoms with Crippen LogP contribution in [0, 0.1) is 0 Å². The molecule has 0 aliphatic heterocycles. The van der Waals surface area contributed by atoms with Gasteiger partial charge in [0.15, 0.2) is 5.82 Å². The summed E-state index contributed by atoms with van der Waals surface area (Å²) in [6, 6.07) is 0. The zero-order valence-corrected chi connectivity index (χ0v) is 11.3. The molecule has 0 amide bonds. The Hall–Kier alpha value is -0.420. The van der Waals surface area contributed by atoms with Crippen LogP contribution < -0.4 is 0 Å².